The van der Waals surface area contributed by atoms with Crippen LogP contribution in [0.3, 0.4) is 0 Å². The Balaban J connectivity index is 1.80. The van der Waals surface area contributed by atoms with Crippen LogP contribution in [0, 0.1) is 0 Å². The van der Waals surface area contributed by atoms with Gasteiger partial charge in [0.2, 0.25) is 0 Å². The van der Waals surface area contributed by atoms with Gasteiger partial charge in [-0.25, -0.2) is 0 Å². The van der Waals surface area contributed by atoms with Crippen molar-refractivity contribution < 1.29 is 4.42 Å². The van der Waals surface area contributed by atoms with Crippen LogP contribution in [0.2, 0.25) is 0 Å². The van der Waals surface area contributed by atoms with Gasteiger partial charge in [-0.15, -0.1) is 0 Å². The molecule has 0 amide bonds. The lowest BCUT2D eigenvalue weighted by molar-refractivity contribution is 0.432. The Labute approximate surface area is 153 Å². The van der Waals surface area contributed by atoms with Gasteiger partial charge in [0.05, 0.1) is 18.0 Å². The second-order valence-electron chi connectivity index (χ2n) is 5.49. The highest BCUT2D eigenvalue weighted by atomic mass is 79.9. The van der Waals surface area contributed by atoms with Crippen molar-refractivity contribution in [3.63, 3.8) is 0 Å². The van der Waals surface area contributed by atoms with Crippen molar-refractivity contribution in [3.05, 3.63) is 83.0 Å². The summed E-state index contributed by atoms with van der Waals surface area (Å²) in [7, 11) is 0. The van der Waals surface area contributed by atoms with Crippen LogP contribution in [0.25, 0.3) is 0 Å². The first-order chi connectivity index (χ1) is 11.7. The summed E-state index contributed by atoms with van der Waals surface area (Å²) in [6.45, 7) is 0. The standard InChI is InChI=1S/C18H14BrN3OS/c19-12-6-8-13(9-7-12)22-17(15-5-3-11-23-15)16(21-18(22)24)14-4-1-2-10-20-14/h1-11,16-17H,(H,21,24)/t16-,17+/m0/s1. The van der Waals surface area contributed by atoms with E-state index in [1.807, 2.05) is 54.6 Å². The highest BCUT2D eigenvalue weighted by Gasteiger charge is 2.42. The highest BCUT2D eigenvalue weighted by Crippen LogP contribution is 2.41. The van der Waals surface area contributed by atoms with E-state index < -0.39 is 0 Å². The molecule has 0 unspecified atom stereocenters. The summed E-state index contributed by atoms with van der Waals surface area (Å²) in [5, 5.41) is 4.06. The smallest absolute Gasteiger partial charge is 0.174 e. The minimum Gasteiger partial charge on any atom is -0.467 e. The zero-order valence-corrected chi connectivity index (χ0v) is 15.0. The minimum absolute atomic E-state index is 0.0755. The van der Waals surface area contributed by atoms with Crippen LogP contribution in [0.15, 0.2) is 75.9 Å². The van der Waals surface area contributed by atoms with Gasteiger partial charge < -0.3 is 14.6 Å². The third kappa shape index (κ3) is 2.72. The fourth-order valence-electron chi connectivity index (χ4n) is 2.98. The molecule has 3 aromatic rings. The van der Waals surface area contributed by atoms with E-state index in [2.05, 4.69) is 31.1 Å². The van der Waals surface area contributed by atoms with Gasteiger partial charge in [0.15, 0.2) is 5.11 Å². The molecule has 2 atom stereocenters. The second-order valence-corrected chi connectivity index (χ2v) is 6.79. The molecule has 2 aromatic heterocycles. The maximum Gasteiger partial charge on any atom is 0.174 e. The lowest BCUT2D eigenvalue weighted by Gasteiger charge is -2.26. The average molecular weight is 400 g/mol. The van der Waals surface area contributed by atoms with E-state index in [4.69, 9.17) is 16.6 Å². The molecule has 4 rings (SSSR count). The molecule has 0 bridgehead atoms. The summed E-state index contributed by atoms with van der Waals surface area (Å²) in [4.78, 5) is 6.58. The Morgan fingerprint density at radius 2 is 1.92 bits per heavy atom. The number of nitrogens with zero attached hydrogens (tertiary/aromatic N) is 2. The predicted molar refractivity (Wildman–Crippen MR) is 101 cm³/mol. The number of benzene rings is 1. The molecule has 0 aliphatic carbocycles. The Kier molecular flexibility index (Phi) is 4.08. The molecule has 6 heteroatoms. The molecule has 1 N–H and O–H groups in total. The maximum absolute atomic E-state index is 5.71. The first-order valence-corrected chi connectivity index (χ1v) is 8.74. The lowest BCUT2D eigenvalue weighted by atomic mass is 10.0. The first kappa shape index (κ1) is 15.4. The Hall–Kier alpha value is -2.18. The Bertz CT molecular complexity index is 836. The van der Waals surface area contributed by atoms with Crippen LogP contribution < -0.4 is 10.2 Å². The minimum atomic E-state index is -0.0939. The normalized spacial score (nSPS) is 20.2. The molecular weight excluding hydrogens is 386 g/mol. The largest absolute Gasteiger partial charge is 0.467 e. The summed E-state index contributed by atoms with van der Waals surface area (Å²) >= 11 is 9.09. The molecule has 24 heavy (non-hydrogen) atoms. The van der Waals surface area contributed by atoms with Crippen molar-refractivity contribution in [1.82, 2.24) is 10.3 Å². The third-order valence-electron chi connectivity index (χ3n) is 4.04. The monoisotopic (exact) mass is 399 g/mol. The zero-order valence-electron chi connectivity index (χ0n) is 12.6. The number of pyridine rings is 1. The lowest BCUT2D eigenvalue weighted by Crippen LogP contribution is -2.29. The summed E-state index contributed by atoms with van der Waals surface area (Å²) < 4.78 is 6.74. The Morgan fingerprint density at radius 1 is 1.08 bits per heavy atom. The number of nitrogens with one attached hydrogen (secondary N) is 1. The van der Waals surface area contributed by atoms with Crippen molar-refractivity contribution in [2.24, 2.45) is 0 Å². The highest BCUT2D eigenvalue weighted by molar-refractivity contribution is 9.10. The van der Waals surface area contributed by atoms with Gasteiger partial charge in [-0.2, -0.15) is 0 Å². The molecule has 1 aliphatic heterocycles. The van der Waals surface area contributed by atoms with Gasteiger partial charge in [-0.3, -0.25) is 4.98 Å². The molecule has 0 radical (unpaired) electrons. The molecule has 1 aliphatic rings. The maximum atomic E-state index is 5.71. The zero-order chi connectivity index (χ0) is 16.5. The molecule has 1 fully saturated rings. The van der Waals surface area contributed by atoms with Crippen molar-refractivity contribution >= 4 is 38.9 Å². The fourth-order valence-corrected chi connectivity index (χ4v) is 3.59. The van der Waals surface area contributed by atoms with Crippen LogP contribution in [0.5, 0.6) is 0 Å². The quantitative estimate of drug-likeness (QED) is 0.650. The summed E-state index contributed by atoms with van der Waals surface area (Å²) in [6, 6.07) is 17.7. The van der Waals surface area contributed by atoms with E-state index in [0.29, 0.717) is 5.11 Å². The van der Waals surface area contributed by atoms with Gasteiger partial charge in [0.25, 0.3) is 0 Å². The van der Waals surface area contributed by atoms with Crippen LogP contribution in [-0.2, 0) is 0 Å². The van der Waals surface area contributed by atoms with Crippen molar-refractivity contribution in [1.29, 1.82) is 0 Å². The molecular formula is C18H14BrN3OS. The molecule has 1 aromatic carbocycles. The molecule has 1 saturated heterocycles. The van der Waals surface area contributed by atoms with Gasteiger partial charge in [0, 0.05) is 16.4 Å². The van der Waals surface area contributed by atoms with Gasteiger partial charge >= 0.3 is 0 Å². The van der Waals surface area contributed by atoms with Gasteiger partial charge in [-0.1, -0.05) is 22.0 Å². The molecule has 3 heterocycles. The van der Waals surface area contributed by atoms with E-state index in [1.54, 1.807) is 12.5 Å². The Morgan fingerprint density at radius 3 is 2.58 bits per heavy atom. The van der Waals surface area contributed by atoms with Crippen LogP contribution in [0.4, 0.5) is 5.69 Å². The number of anilines is 1. The number of thiocarbonyl (C=S) groups is 1. The number of rotatable bonds is 3. The number of aromatic nitrogens is 1. The summed E-state index contributed by atoms with van der Waals surface area (Å²) in [6.07, 6.45) is 3.48. The number of hydrogen-bond donors (Lipinski definition) is 1. The van der Waals surface area contributed by atoms with E-state index in [9.17, 15) is 0 Å². The summed E-state index contributed by atoms with van der Waals surface area (Å²) in [5.41, 5.74) is 1.94. The SMILES string of the molecule is S=C1N[C@@H](c2ccccn2)[C@@H](c2ccco2)N1c1ccc(Br)cc1. The van der Waals surface area contributed by atoms with Crippen LogP contribution in [-0.4, -0.2) is 10.1 Å². The second kappa shape index (κ2) is 6.37. The first-order valence-electron chi connectivity index (χ1n) is 7.53. The van der Waals surface area contributed by atoms with Gasteiger partial charge in [-0.05, 0) is 60.7 Å². The van der Waals surface area contributed by atoms with E-state index in [-0.39, 0.29) is 12.1 Å². The van der Waals surface area contributed by atoms with Crippen molar-refractivity contribution in [2.75, 3.05) is 4.90 Å². The van der Waals surface area contributed by atoms with E-state index in [0.717, 1.165) is 21.6 Å². The van der Waals surface area contributed by atoms with Crippen LogP contribution >= 0.6 is 28.1 Å². The molecule has 4 nitrogen and oxygen atoms in total. The predicted octanol–water partition coefficient (Wildman–Crippen LogP) is 4.61. The van der Waals surface area contributed by atoms with Gasteiger partial charge in [0.1, 0.15) is 11.8 Å². The number of halogens is 1. The fraction of sp³-hybridized carbons (Fsp3) is 0.111. The van der Waals surface area contributed by atoms with Crippen molar-refractivity contribution in [3.8, 4) is 0 Å². The molecule has 0 spiro atoms. The molecule has 120 valence electrons. The topological polar surface area (TPSA) is 41.3 Å². The average Bonchev–Trinajstić information content (AvgIpc) is 3.24. The number of furan rings is 1. The van der Waals surface area contributed by atoms with E-state index in [1.165, 1.54) is 0 Å². The summed E-state index contributed by atoms with van der Waals surface area (Å²) in [5.74, 6) is 0.848. The van der Waals surface area contributed by atoms with Crippen LogP contribution in [0.1, 0.15) is 23.5 Å². The van der Waals surface area contributed by atoms with Crippen molar-refractivity contribution in [2.45, 2.75) is 12.1 Å². The van der Waals surface area contributed by atoms with E-state index >= 15 is 0 Å². The molecule has 0 saturated carbocycles. The number of hydrogen-bond acceptors (Lipinski definition) is 3. The third-order valence-corrected chi connectivity index (χ3v) is 4.88.